The van der Waals surface area contributed by atoms with E-state index < -0.39 is 10.8 Å². The predicted molar refractivity (Wildman–Crippen MR) is 73.0 cm³/mol. The van der Waals surface area contributed by atoms with Crippen molar-refractivity contribution in [3.63, 3.8) is 0 Å². The minimum Gasteiger partial charge on any atom is -0.398 e. The number of hydrogen-bond acceptors (Lipinski definition) is 3. The van der Waals surface area contributed by atoms with Crippen LogP contribution in [0, 0.1) is 0 Å². The van der Waals surface area contributed by atoms with E-state index in [1.54, 1.807) is 0 Å². The van der Waals surface area contributed by atoms with Crippen molar-refractivity contribution in [2.24, 2.45) is 0 Å². The van der Waals surface area contributed by atoms with Gasteiger partial charge in [0.1, 0.15) is 0 Å². The first-order valence-electron chi connectivity index (χ1n) is 4.63. The summed E-state index contributed by atoms with van der Waals surface area (Å²) in [6.07, 6.45) is 0. The van der Waals surface area contributed by atoms with Crippen molar-refractivity contribution in [1.29, 1.82) is 0 Å². The van der Waals surface area contributed by atoms with Gasteiger partial charge in [0.25, 0.3) is 0 Å². The Morgan fingerprint density at radius 2 is 2.12 bits per heavy atom. The molecule has 0 fully saturated rings. The first-order valence-corrected chi connectivity index (χ1v) is 7.62. The minimum atomic E-state index is -0.989. The Morgan fingerprint density at radius 1 is 1.31 bits per heavy atom. The number of benzene rings is 1. The molecule has 16 heavy (non-hydrogen) atoms. The second-order valence-electron chi connectivity index (χ2n) is 3.24. The molecular weight excluding hydrogens is 306 g/mol. The number of hydrogen-bond donors (Lipinski definition) is 1. The summed E-state index contributed by atoms with van der Waals surface area (Å²) in [5.74, 6) is 0.492. The molecule has 1 aromatic carbocycles. The predicted octanol–water partition coefficient (Wildman–Crippen LogP) is 3.40. The second kappa shape index (κ2) is 5.12. The standard InChI is InChI=1S/C11H10BrNOS2/c12-11-8(3-1-4-9(11)13)7-16(14)10-5-2-6-15-10/h1-6H,7,13H2. The van der Waals surface area contributed by atoms with Crippen molar-refractivity contribution in [3.8, 4) is 0 Å². The lowest BCUT2D eigenvalue weighted by molar-refractivity contribution is 0.684. The molecule has 2 nitrogen and oxygen atoms in total. The molecule has 0 aliphatic carbocycles. The van der Waals surface area contributed by atoms with Crippen LogP contribution >= 0.6 is 27.3 Å². The molecule has 1 aromatic heterocycles. The molecule has 0 saturated carbocycles. The monoisotopic (exact) mass is 315 g/mol. The van der Waals surface area contributed by atoms with Gasteiger partial charge in [0, 0.05) is 10.2 Å². The summed E-state index contributed by atoms with van der Waals surface area (Å²) in [4.78, 5) is 0. The summed E-state index contributed by atoms with van der Waals surface area (Å²) < 4.78 is 13.7. The highest BCUT2D eigenvalue weighted by Gasteiger charge is 2.09. The van der Waals surface area contributed by atoms with Crippen LogP contribution in [0.25, 0.3) is 0 Å². The summed E-state index contributed by atoms with van der Waals surface area (Å²) in [6, 6.07) is 9.43. The van der Waals surface area contributed by atoms with Gasteiger partial charge >= 0.3 is 0 Å². The second-order valence-corrected chi connectivity index (χ2v) is 6.66. The Hall–Kier alpha value is -0.650. The molecule has 0 aliphatic heterocycles. The van der Waals surface area contributed by atoms with Crippen LogP contribution in [-0.2, 0) is 16.6 Å². The summed E-state index contributed by atoms with van der Waals surface area (Å²) in [7, 11) is -0.989. The van der Waals surface area contributed by atoms with Gasteiger partial charge in [-0.1, -0.05) is 18.2 Å². The van der Waals surface area contributed by atoms with E-state index in [9.17, 15) is 4.21 Å². The number of nitrogens with two attached hydrogens (primary N) is 1. The van der Waals surface area contributed by atoms with Crippen LogP contribution in [0.1, 0.15) is 5.56 Å². The van der Waals surface area contributed by atoms with Crippen LogP contribution < -0.4 is 5.73 Å². The molecule has 0 spiro atoms. The van der Waals surface area contributed by atoms with Crippen molar-refractivity contribution in [2.75, 3.05) is 5.73 Å². The first kappa shape index (κ1) is 11.8. The summed E-state index contributed by atoms with van der Waals surface area (Å²) >= 11 is 4.93. The summed E-state index contributed by atoms with van der Waals surface area (Å²) in [5.41, 5.74) is 7.43. The number of thiophene rings is 1. The zero-order valence-corrected chi connectivity index (χ0v) is 11.6. The van der Waals surface area contributed by atoms with Crippen molar-refractivity contribution < 1.29 is 4.21 Å². The van der Waals surface area contributed by atoms with Crippen LogP contribution in [-0.4, -0.2) is 4.21 Å². The average Bonchev–Trinajstić information content (AvgIpc) is 2.78. The molecule has 0 aliphatic rings. The lowest BCUT2D eigenvalue weighted by Crippen LogP contribution is -1.97. The SMILES string of the molecule is Nc1cccc(CS(=O)c2cccs2)c1Br. The number of anilines is 1. The van der Waals surface area contributed by atoms with Gasteiger partial charge in [-0.3, -0.25) is 4.21 Å². The van der Waals surface area contributed by atoms with Gasteiger partial charge in [-0.15, -0.1) is 11.3 Å². The number of halogens is 1. The Kier molecular flexibility index (Phi) is 3.78. The molecule has 2 N–H and O–H groups in total. The van der Waals surface area contributed by atoms with Gasteiger partial charge in [-0.05, 0) is 39.0 Å². The number of rotatable bonds is 3. The fraction of sp³-hybridized carbons (Fsp3) is 0.0909. The summed E-state index contributed by atoms with van der Waals surface area (Å²) in [5, 5.41) is 1.93. The largest absolute Gasteiger partial charge is 0.398 e. The molecule has 5 heteroatoms. The van der Waals surface area contributed by atoms with Crippen molar-refractivity contribution >= 4 is 43.8 Å². The van der Waals surface area contributed by atoms with E-state index in [0.29, 0.717) is 11.4 Å². The fourth-order valence-corrected chi connectivity index (χ4v) is 4.02. The normalized spacial score (nSPS) is 12.6. The van der Waals surface area contributed by atoms with Gasteiger partial charge in [-0.2, -0.15) is 0 Å². The molecule has 0 bridgehead atoms. The molecule has 1 heterocycles. The zero-order valence-electron chi connectivity index (χ0n) is 8.35. The third-order valence-corrected chi connectivity index (χ3v) is 5.75. The van der Waals surface area contributed by atoms with Gasteiger partial charge in [-0.25, -0.2) is 0 Å². The van der Waals surface area contributed by atoms with E-state index in [1.165, 1.54) is 11.3 Å². The van der Waals surface area contributed by atoms with Gasteiger partial charge in [0.2, 0.25) is 0 Å². The van der Waals surface area contributed by atoms with E-state index in [1.807, 2.05) is 35.7 Å². The summed E-state index contributed by atoms with van der Waals surface area (Å²) in [6.45, 7) is 0. The van der Waals surface area contributed by atoms with E-state index in [4.69, 9.17) is 5.73 Å². The van der Waals surface area contributed by atoms with Crippen LogP contribution in [0.5, 0.6) is 0 Å². The lowest BCUT2D eigenvalue weighted by atomic mass is 10.2. The van der Waals surface area contributed by atoms with Crippen molar-refractivity contribution in [2.45, 2.75) is 9.96 Å². The number of nitrogen functional groups attached to an aromatic ring is 1. The minimum absolute atomic E-state index is 0.492. The van der Waals surface area contributed by atoms with Gasteiger partial charge in [0.05, 0.1) is 20.8 Å². The molecule has 0 amide bonds. The molecule has 0 radical (unpaired) electrons. The van der Waals surface area contributed by atoms with Crippen LogP contribution in [0.2, 0.25) is 0 Å². The Labute approximate surface area is 109 Å². The quantitative estimate of drug-likeness (QED) is 0.882. The zero-order chi connectivity index (χ0) is 11.5. The highest BCUT2D eigenvalue weighted by Crippen LogP contribution is 2.26. The molecular formula is C11H10BrNOS2. The lowest BCUT2D eigenvalue weighted by Gasteiger charge is -2.05. The fourth-order valence-electron chi connectivity index (χ4n) is 1.32. The highest BCUT2D eigenvalue weighted by molar-refractivity contribution is 9.10. The Bertz CT molecular complexity index is 511. The van der Waals surface area contributed by atoms with E-state index >= 15 is 0 Å². The van der Waals surface area contributed by atoms with Gasteiger partial charge in [0.15, 0.2) is 0 Å². The average molecular weight is 316 g/mol. The smallest absolute Gasteiger partial charge is 0.0913 e. The maximum Gasteiger partial charge on any atom is 0.0913 e. The molecule has 1 atom stereocenters. The van der Waals surface area contributed by atoms with E-state index in [-0.39, 0.29) is 0 Å². The van der Waals surface area contributed by atoms with Crippen LogP contribution in [0.3, 0.4) is 0 Å². The van der Waals surface area contributed by atoms with Crippen LogP contribution in [0.15, 0.2) is 44.4 Å². The van der Waals surface area contributed by atoms with Crippen molar-refractivity contribution in [1.82, 2.24) is 0 Å². The third kappa shape index (κ3) is 2.53. The van der Waals surface area contributed by atoms with Crippen molar-refractivity contribution in [3.05, 3.63) is 45.7 Å². The van der Waals surface area contributed by atoms with Crippen LogP contribution in [0.4, 0.5) is 5.69 Å². The Balaban J connectivity index is 2.22. The topological polar surface area (TPSA) is 43.1 Å². The maximum absolute atomic E-state index is 12.0. The molecule has 2 aromatic rings. The molecule has 2 rings (SSSR count). The highest BCUT2D eigenvalue weighted by atomic mass is 79.9. The van der Waals surface area contributed by atoms with Gasteiger partial charge < -0.3 is 5.73 Å². The van der Waals surface area contributed by atoms with E-state index in [0.717, 1.165) is 14.2 Å². The van der Waals surface area contributed by atoms with E-state index in [2.05, 4.69) is 15.9 Å². The maximum atomic E-state index is 12.0. The molecule has 0 saturated heterocycles. The Morgan fingerprint density at radius 3 is 2.81 bits per heavy atom. The third-order valence-electron chi connectivity index (χ3n) is 2.11. The first-order chi connectivity index (χ1) is 7.68. The molecule has 1 unspecified atom stereocenters. The molecule has 84 valence electrons.